The molecular weight excluding hydrogens is 329 g/mol. The highest BCUT2D eigenvalue weighted by Crippen LogP contribution is 2.47. The predicted molar refractivity (Wildman–Crippen MR) is 90.0 cm³/mol. The highest BCUT2D eigenvalue weighted by atomic mass is 32.2. The lowest BCUT2D eigenvalue weighted by atomic mass is 10.1. The molecule has 3 atom stereocenters. The van der Waals surface area contributed by atoms with E-state index in [2.05, 4.69) is 12.2 Å². The van der Waals surface area contributed by atoms with Crippen molar-refractivity contribution in [2.45, 2.75) is 43.7 Å². The largest absolute Gasteiger partial charge is 0.464 e. The summed E-state index contributed by atoms with van der Waals surface area (Å²) < 4.78 is 42.7. The molecular formula is C18H22FNO3S. The van der Waals surface area contributed by atoms with E-state index in [1.165, 1.54) is 18.6 Å². The number of rotatable bonds is 6. The van der Waals surface area contributed by atoms with E-state index in [0.717, 1.165) is 17.8 Å². The Balaban J connectivity index is 1.63. The Bertz CT molecular complexity index is 844. The van der Waals surface area contributed by atoms with Crippen LogP contribution >= 0.6 is 0 Å². The molecule has 0 spiro atoms. The van der Waals surface area contributed by atoms with Crippen molar-refractivity contribution < 1.29 is 17.2 Å². The average molecular weight is 351 g/mol. The molecule has 24 heavy (non-hydrogen) atoms. The first-order valence-corrected chi connectivity index (χ1v) is 9.96. The van der Waals surface area contributed by atoms with Crippen molar-refractivity contribution in [1.29, 1.82) is 0 Å². The van der Waals surface area contributed by atoms with Gasteiger partial charge in [-0.3, -0.25) is 0 Å². The quantitative estimate of drug-likeness (QED) is 0.860. The summed E-state index contributed by atoms with van der Waals surface area (Å²) in [6.45, 7) is 4.65. The second-order valence-corrected chi connectivity index (χ2v) is 8.67. The third-order valence-corrected chi connectivity index (χ3v) is 5.73. The number of benzene rings is 1. The van der Waals surface area contributed by atoms with Crippen LogP contribution in [0, 0.1) is 11.7 Å². The normalized spacial score (nSPS) is 21.7. The van der Waals surface area contributed by atoms with Gasteiger partial charge in [0, 0.05) is 18.2 Å². The second-order valence-electron chi connectivity index (χ2n) is 6.69. The van der Waals surface area contributed by atoms with Gasteiger partial charge in [-0.2, -0.15) is 0 Å². The van der Waals surface area contributed by atoms with E-state index in [1.54, 1.807) is 6.07 Å². The van der Waals surface area contributed by atoms with Gasteiger partial charge in [0.05, 0.1) is 6.54 Å². The van der Waals surface area contributed by atoms with Gasteiger partial charge in [-0.25, -0.2) is 12.8 Å². The van der Waals surface area contributed by atoms with Crippen LogP contribution in [0.15, 0.2) is 39.6 Å². The van der Waals surface area contributed by atoms with Crippen molar-refractivity contribution >= 4 is 9.84 Å². The molecule has 4 nitrogen and oxygen atoms in total. The van der Waals surface area contributed by atoms with Gasteiger partial charge in [-0.05, 0) is 49.1 Å². The van der Waals surface area contributed by atoms with Gasteiger partial charge < -0.3 is 9.73 Å². The van der Waals surface area contributed by atoms with Crippen LogP contribution in [0.3, 0.4) is 0 Å². The first kappa shape index (κ1) is 17.2. The number of nitrogens with one attached hydrogen (secondary N) is 1. The van der Waals surface area contributed by atoms with Crippen molar-refractivity contribution in [1.82, 2.24) is 5.32 Å². The van der Waals surface area contributed by atoms with Gasteiger partial charge in [0.2, 0.25) is 0 Å². The standard InChI is InChI=1S/C18H22FNO3S/c1-11-8-15(11)17-6-5-14(23-17)10-20-12(2)13-4-7-18(16(19)9-13)24(3,21)22/h4-7,9,11-12,15,20H,8,10H2,1-3H3. The first-order chi connectivity index (χ1) is 11.3. The Kier molecular flexibility index (Phi) is 4.53. The predicted octanol–water partition coefficient (Wildman–Crippen LogP) is 3.80. The van der Waals surface area contributed by atoms with E-state index >= 15 is 0 Å². The second kappa shape index (κ2) is 6.33. The summed E-state index contributed by atoms with van der Waals surface area (Å²) in [4.78, 5) is -0.271. The fourth-order valence-electron chi connectivity index (χ4n) is 2.87. The van der Waals surface area contributed by atoms with E-state index in [-0.39, 0.29) is 10.9 Å². The summed E-state index contributed by atoms with van der Waals surface area (Å²) in [5, 5.41) is 3.27. The Labute approximate surface area is 142 Å². The smallest absolute Gasteiger partial charge is 0.178 e. The molecule has 1 aliphatic rings. The number of sulfone groups is 1. The number of hydrogen-bond donors (Lipinski definition) is 1. The summed E-state index contributed by atoms with van der Waals surface area (Å²) >= 11 is 0. The number of halogens is 1. The molecule has 1 fully saturated rings. The van der Waals surface area contributed by atoms with Gasteiger partial charge in [0.25, 0.3) is 0 Å². The number of furan rings is 1. The fourth-order valence-corrected chi connectivity index (χ4v) is 3.59. The van der Waals surface area contributed by atoms with Gasteiger partial charge in [0.1, 0.15) is 22.2 Å². The molecule has 3 unspecified atom stereocenters. The van der Waals surface area contributed by atoms with Crippen LogP contribution in [0.5, 0.6) is 0 Å². The van der Waals surface area contributed by atoms with Crippen LogP contribution in [0.2, 0.25) is 0 Å². The summed E-state index contributed by atoms with van der Waals surface area (Å²) in [6, 6.07) is 8.09. The van der Waals surface area contributed by atoms with Gasteiger partial charge in [-0.1, -0.05) is 13.0 Å². The molecule has 1 N–H and O–H groups in total. The molecule has 0 aliphatic heterocycles. The molecule has 1 aromatic carbocycles. The molecule has 3 rings (SSSR count). The maximum absolute atomic E-state index is 14.0. The summed E-state index contributed by atoms with van der Waals surface area (Å²) in [7, 11) is -3.55. The van der Waals surface area contributed by atoms with E-state index < -0.39 is 15.7 Å². The van der Waals surface area contributed by atoms with Crippen molar-refractivity contribution in [3.05, 3.63) is 53.2 Å². The zero-order valence-corrected chi connectivity index (χ0v) is 14.9. The van der Waals surface area contributed by atoms with E-state index in [0.29, 0.717) is 23.9 Å². The molecule has 1 aliphatic carbocycles. The van der Waals surface area contributed by atoms with Gasteiger partial charge in [0.15, 0.2) is 9.84 Å². The Morgan fingerprint density at radius 1 is 1.33 bits per heavy atom. The fraction of sp³-hybridized carbons (Fsp3) is 0.444. The number of hydrogen-bond acceptors (Lipinski definition) is 4. The third-order valence-electron chi connectivity index (χ3n) is 4.60. The van der Waals surface area contributed by atoms with Crippen molar-refractivity contribution in [3.63, 3.8) is 0 Å². The molecule has 2 aromatic rings. The molecule has 1 saturated carbocycles. The first-order valence-electron chi connectivity index (χ1n) is 8.07. The maximum atomic E-state index is 14.0. The van der Waals surface area contributed by atoms with Crippen LogP contribution < -0.4 is 5.32 Å². The molecule has 1 heterocycles. The van der Waals surface area contributed by atoms with Gasteiger partial charge >= 0.3 is 0 Å². The summed E-state index contributed by atoms with van der Waals surface area (Å²) in [5.74, 6) is 2.42. The molecule has 0 amide bonds. The lowest BCUT2D eigenvalue weighted by Crippen LogP contribution is -2.18. The van der Waals surface area contributed by atoms with Crippen molar-refractivity contribution in [2.75, 3.05) is 6.26 Å². The van der Waals surface area contributed by atoms with E-state index in [9.17, 15) is 12.8 Å². The minimum atomic E-state index is -3.55. The molecule has 0 bridgehead atoms. The lowest BCUT2D eigenvalue weighted by Gasteiger charge is -2.14. The molecule has 0 saturated heterocycles. The summed E-state index contributed by atoms with van der Waals surface area (Å²) in [6.07, 6.45) is 2.19. The highest BCUT2D eigenvalue weighted by molar-refractivity contribution is 7.90. The zero-order valence-electron chi connectivity index (χ0n) is 14.0. The zero-order chi connectivity index (χ0) is 17.5. The molecule has 1 aromatic heterocycles. The lowest BCUT2D eigenvalue weighted by molar-refractivity contribution is 0.429. The minimum Gasteiger partial charge on any atom is -0.464 e. The summed E-state index contributed by atoms with van der Waals surface area (Å²) in [5.41, 5.74) is 0.697. The minimum absolute atomic E-state index is 0.124. The monoisotopic (exact) mass is 351 g/mol. The van der Waals surface area contributed by atoms with Crippen LogP contribution in [0.25, 0.3) is 0 Å². The molecule has 0 radical (unpaired) electrons. The van der Waals surface area contributed by atoms with Crippen molar-refractivity contribution in [2.24, 2.45) is 5.92 Å². The van der Waals surface area contributed by atoms with Gasteiger partial charge in [-0.15, -0.1) is 0 Å². The average Bonchev–Trinajstić information content (AvgIpc) is 3.05. The third kappa shape index (κ3) is 3.70. The van der Waals surface area contributed by atoms with Crippen LogP contribution in [-0.4, -0.2) is 14.7 Å². The van der Waals surface area contributed by atoms with E-state index in [1.807, 2.05) is 19.1 Å². The Hall–Kier alpha value is -1.66. The molecule has 130 valence electrons. The van der Waals surface area contributed by atoms with Crippen LogP contribution in [0.1, 0.15) is 49.3 Å². The molecule has 6 heteroatoms. The van der Waals surface area contributed by atoms with Crippen molar-refractivity contribution in [3.8, 4) is 0 Å². The highest BCUT2D eigenvalue weighted by Gasteiger charge is 2.36. The van der Waals surface area contributed by atoms with E-state index in [4.69, 9.17) is 4.42 Å². The van der Waals surface area contributed by atoms with Crippen LogP contribution in [-0.2, 0) is 16.4 Å². The Morgan fingerprint density at radius 2 is 2.04 bits per heavy atom. The topological polar surface area (TPSA) is 59.3 Å². The SMILES string of the molecule is CC(NCc1ccc(C2CC2C)o1)c1ccc(S(C)(=O)=O)c(F)c1. The maximum Gasteiger partial charge on any atom is 0.178 e. The van der Waals surface area contributed by atoms with Crippen LogP contribution in [0.4, 0.5) is 4.39 Å². The Morgan fingerprint density at radius 3 is 2.62 bits per heavy atom.